The van der Waals surface area contributed by atoms with Gasteiger partial charge in [-0.05, 0) is 36.2 Å². The summed E-state index contributed by atoms with van der Waals surface area (Å²) in [7, 11) is 1.72. The van der Waals surface area contributed by atoms with Gasteiger partial charge in [0.15, 0.2) is 0 Å². The number of benzene rings is 2. The first-order valence-corrected chi connectivity index (χ1v) is 7.67. The lowest BCUT2D eigenvalue weighted by Crippen LogP contribution is -2.27. The molecule has 2 nitrogen and oxygen atoms in total. The second kappa shape index (κ2) is 8.40. The van der Waals surface area contributed by atoms with Gasteiger partial charge in [0.25, 0.3) is 0 Å². The second-order valence-corrected chi connectivity index (χ2v) is 5.70. The molecular formula is C17H19Cl2NO. The predicted octanol–water partition coefficient (Wildman–Crippen LogP) is 4.51. The molecule has 21 heavy (non-hydrogen) atoms. The van der Waals surface area contributed by atoms with E-state index >= 15 is 0 Å². The molecule has 2 aromatic carbocycles. The van der Waals surface area contributed by atoms with E-state index in [-0.39, 0.29) is 6.04 Å². The van der Waals surface area contributed by atoms with Gasteiger partial charge in [-0.25, -0.2) is 0 Å². The fourth-order valence-electron chi connectivity index (χ4n) is 2.23. The Morgan fingerprint density at radius 1 is 1.10 bits per heavy atom. The first-order valence-electron chi connectivity index (χ1n) is 6.92. The van der Waals surface area contributed by atoms with Crippen molar-refractivity contribution >= 4 is 23.2 Å². The van der Waals surface area contributed by atoms with Gasteiger partial charge in [0.2, 0.25) is 0 Å². The third kappa shape index (κ3) is 5.01. The molecule has 0 heterocycles. The minimum absolute atomic E-state index is 0.183. The number of hydrogen-bond donors (Lipinski definition) is 1. The molecule has 0 spiro atoms. The highest BCUT2D eigenvalue weighted by Gasteiger charge is 2.10. The van der Waals surface area contributed by atoms with Gasteiger partial charge in [0, 0.05) is 17.2 Å². The number of ether oxygens (including phenoxy) is 1. The highest BCUT2D eigenvalue weighted by molar-refractivity contribution is 6.35. The normalized spacial score (nSPS) is 12.3. The van der Waals surface area contributed by atoms with E-state index in [9.17, 15) is 0 Å². The van der Waals surface area contributed by atoms with E-state index in [1.54, 1.807) is 13.2 Å². The van der Waals surface area contributed by atoms with E-state index in [4.69, 9.17) is 27.9 Å². The first-order chi connectivity index (χ1) is 10.2. The zero-order valence-corrected chi connectivity index (χ0v) is 13.5. The summed E-state index contributed by atoms with van der Waals surface area (Å²) in [5.74, 6) is 0. The Hall–Kier alpha value is -1.06. The maximum Gasteiger partial charge on any atom is 0.0657 e. The Kier molecular flexibility index (Phi) is 6.52. The molecule has 1 N–H and O–H groups in total. The van der Waals surface area contributed by atoms with Gasteiger partial charge in [-0.2, -0.15) is 0 Å². The van der Waals surface area contributed by atoms with Crippen molar-refractivity contribution < 1.29 is 4.74 Å². The number of nitrogens with one attached hydrogen (secondary N) is 1. The lowest BCUT2D eigenvalue weighted by atomic mass is 10.1. The summed E-state index contributed by atoms with van der Waals surface area (Å²) in [6, 6.07) is 16.1. The van der Waals surface area contributed by atoms with Gasteiger partial charge >= 0.3 is 0 Å². The standard InChI is InChI=1S/C17H19Cl2NO/c1-21-12-17(14-5-3-2-4-6-14)20-10-9-13-7-8-15(18)11-16(13)19/h2-8,11,17,20H,9-10,12H2,1H3. The molecule has 112 valence electrons. The molecule has 2 rings (SSSR count). The van der Waals surface area contributed by atoms with Gasteiger partial charge in [-0.1, -0.05) is 59.6 Å². The Morgan fingerprint density at radius 3 is 2.52 bits per heavy atom. The van der Waals surface area contributed by atoms with Crippen molar-refractivity contribution in [2.24, 2.45) is 0 Å². The number of rotatable bonds is 7. The van der Waals surface area contributed by atoms with Gasteiger partial charge in [0.05, 0.1) is 12.6 Å². The Labute approximate surface area is 136 Å². The molecule has 0 saturated carbocycles. The molecule has 0 fully saturated rings. The summed E-state index contributed by atoms with van der Waals surface area (Å²) in [5, 5.41) is 4.89. The Balaban J connectivity index is 1.93. The van der Waals surface area contributed by atoms with Crippen LogP contribution in [0.3, 0.4) is 0 Å². The second-order valence-electron chi connectivity index (χ2n) is 4.86. The SMILES string of the molecule is COCC(NCCc1ccc(Cl)cc1Cl)c1ccccc1. The van der Waals surface area contributed by atoms with Crippen molar-refractivity contribution in [3.05, 3.63) is 69.7 Å². The minimum atomic E-state index is 0.183. The van der Waals surface area contributed by atoms with Crippen LogP contribution in [0.15, 0.2) is 48.5 Å². The smallest absolute Gasteiger partial charge is 0.0657 e. The Morgan fingerprint density at radius 2 is 1.86 bits per heavy atom. The van der Waals surface area contributed by atoms with Crippen LogP contribution in [0.5, 0.6) is 0 Å². The lowest BCUT2D eigenvalue weighted by molar-refractivity contribution is 0.167. The molecule has 0 bridgehead atoms. The molecule has 0 saturated heterocycles. The van der Waals surface area contributed by atoms with Crippen molar-refractivity contribution in [2.45, 2.75) is 12.5 Å². The molecule has 0 radical (unpaired) electrons. The largest absolute Gasteiger partial charge is 0.383 e. The van der Waals surface area contributed by atoms with Crippen LogP contribution in [0.25, 0.3) is 0 Å². The third-order valence-electron chi connectivity index (χ3n) is 3.34. The van der Waals surface area contributed by atoms with Crippen molar-refractivity contribution in [1.29, 1.82) is 0 Å². The molecular weight excluding hydrogens is 305 g/mol. The molecule has 0 aliphatic rings. The summed E-state index contributed by atoms with van der Waals surface area (Å²) in [6.45, 7) is 1.46. The maximum atomic E-state index is 6.19. The van der Waals surface area contributed by atoms with E-state index in [1.165, 1.54) is 5.56 Å². The van der Waals surface area contributed by atoms with E-state index < -0.39 is 0 Å². The molecule has 0 aliphatic heterocycles. The van der Waals surface area contributed by atoms with Crippen LogP contribution in [-0.2, 0) is 11.2 Å². The van der Waals surface area contributed by atoms with Gasteiger partial charge in [-0.3, -0.25) is 0 Å². The monoisotopic (exact) mass is 323 g/mol. The van der Waals surface area contributed by atoms with Crippen LogP contribution >= 0.6 is 23.2 Å². The summed E-state index contributed by atoms with van der Waals surface area (Å²) >= 11 is 12.1. The van der Waals surface area contributed by atoms with E-state index in [0.29, 0.717) is 16.7 Å². The quantitative estimate of drug-likeness (QED) is 0.809. The summed E-state index contributed by atoms with van der Waals surface area (Å²) in [5.41, 5.74) is 2.32. The van der Waals surface area contributed by atoms with Gasteiger partial charge in [-0.15, -0.1) is 0 Å². The minimum Gasteiger partial charge on any atom is -0.383 e. The molecule has 2 aromatic rings. The van der Waals surface area contributed by atoms with Gasteiger partial charge in [0.1, 0.15) is 0 Å². The number of halogens is 2. The van der Waals surface area contributed by atoms with Crippen molar-refractivity contribution in [1.82, 2.24) is 5.32 Å². The molecule has 4 heteroatoms. The van der Waals surface area contributed by atoms with Crippen LogP contribution < -0.4 is 5.32 Å². The van der Waals surface area contributed by atoms with E-state index in [1.807, 2.05) is 30.3 Å². The van der Waals surface area contributed by atoms with E-state index in [0.717, 1.165) is 18.5 Å². The van der Waals surface area contributed by atoms with Gasteiger partial charge < -0.3 is 10.1 Å². The summed E-state index contributed by atoms with van der Waals surface area (Å²) < 4.78 is 5.29. The van der Waals surface area contributed by atoms with Crippen LogP contribution in [0.1, 0.15) is 17.2 Å². The zero-order valence-electron chi connectivity index (χ0n) is 12.0. The van der Waals surface area contributed by atoms with Crippen LogP contribution in [0, 0.1) is 0 Å². The van der Waals surface area contributed by atoms with Crippen LogP contribution in [0.2, 0.25) is 10.0 Å². The first kappa shape index (κ1) is 16.3. The third-order valence-corrected chi connectivity index (χ3v) is 3.92. The molecule has 1 unspecified atom stereocenters. The number of methoxy groups -OCH3 is 1. The van der Waals surface area contributed by atoms with Crippen LogP contribution in [-0.4, -0.2) is 20.3 Å². The number of hydrogen-bond acceptors (Lipinski definition) is 2. The average Bonchev–Trinajstić information content (AvgIpc) is 2.49. The summed E-state index contributed by atoms with van der Waals surface area (Å²) in [6.07, 6.45) is 0.850. The van der Waals surface area contributed by atoms with Crippen molar-refractivity contribution in [3.8, 4) is 0 Å². The highest BCUT2D eigenvalue weighted by Crippen LogP contribution is 2.21. The molecule has 0 amide bonds. The van der Waals surface area contributed by atoms with E-state index in [2.05, 4.69) is 17.4 Å². The van der Waals surface area contributed by atoms with Crippen molar-refractivity contribution in [2.75, 3.05) is 20.3 Å². The Bertz CT molecular complexity index is 560. The molecule has 0 aliphatic carbocycles. The lowest BCUT2D eigenvalue weighted by Gasteiger charge is -2.18. The van der Waals surface area contributed by atoms with Crippen LogP contribution in [0.4, 0.5) is 0 Å². The average molecular weight is 324 g/mol. The predicted molar refractivity (Wildman–Crippen MR) is 89.2 cm³/mol. The topological polar surface area (TPSA) is 21.3 Å². The fraction of sp³-hybridized carbons (Fsp3) is 0.294. The zero-order chi connectivity index (χ0) is 15.1. The van der Waals surface area contributed by atoms with Crippen molar-refractivity contribution in [3.63, 3.8) is 0 Å². The molecule has 1 atom stereocenters. The summed E-state index contributed by atoms with van der Waals surface area (Å²) in [4.78, 5) is 0. The maximum absolute atomic E-state index is 6.19. The highest BCUT2D eigenvalue weighted by atomic mass is 35.5. The molecule has 0 aromatic heterocycles. The fourth-order valence-corrected chi connectivity index (χ4v) is 2.73.